The molecule has 4 N–H and O–H groups in total. The van der Waals surface area contributed by atoms with Crippen molar-refractivity contribution in [2.45, 2.75) is 19.9 Å². The third-order valence-electron chi connectivity index (χ3n) is 2.11. The van der Waals surface area contributed by atoms with Gasteiger partial charge >= 0.3 is 0 Å². The number of allylic oxidation sites excluding steroid dienone is 4. The summed E-state index contributed by atoms with van der Waals surface area (Å²) in [7, 11) is 0. The van der Waals surface area contributed by atoms with Crippen molar-refractivity contribution in [3.8, 4) is 0 Å². The van der Waals surface area contributed by atoms with Gasteiger partial charge in [0.15, 0.2) is 0 Å². The molecule has 78 valence electrons. The van der Waals surface area contributed by atoms with Gasteiger partial charge < -0.3 is 11.5 Å². The topological polar surface area (TPSA) is 69.1 Å². The van der Waals surface area contributed by atoms with Crippen LogP contribution in [-0.4, -0.2) is 11.9 Å². The largest absolute Gasteiger partial charge is 0.368 e. The van der Waals surface area contributed by atoms with Gasteiger partial charge in [-0.1, -0.05) is 37.8 Å². The first-order valence-corrected chi connectivity index (χ1v) is 4.54. The molecule has 0 rings (SSSR count). The quantitative estimate of drug-likeness (QED) is 0.644. The van der Waals surface area contributed by atoms with E-state index in [0.29, 0.717) is 0 Å². The van der Waals surface area contributed by atoms with E-state index in [-0.39, 0.29) is 5.92 Å². The van der Waals surface area contributed by atoms with Crippen molar-refractivity contribution >= 4 is 5.91 Å². The molecular weight excluding hydrogens is 176 g/mol. The number of amides is 1. The Morgan fingerprint density at radius 3 is 2.43 bits per heavy atom. The summed E-state index contributed by atoms with van der Waals surface area (Å²) in [4.78, 5) is 10.9. The summed E-state index contributed by atoms with van der Waals surface area (Å²) >= 11 is 0. The minimum Gasteiger partial charge on any atom is -0.368 e. The van der Waals surface area contributed by atoms with Crippen LogP contribution in [0.25, 0.3) is 0 Å². The zero-order valence-corrected chi connectivity index (χ0v) is 8.73. The molecule has 0 aromatic heterocycles. The molecule has 0 aliphatic heterocycles. The van der Waals surface area contributed by atoms with Gasteiger partial charge in [-0.05, 0) is 12.5 Å². The van der Waals surface area contributed by atoms with E-state index in [2.05, 4.69) is 6.58 Å². The maximum Gasteiger partial charge on any atom is 0.234 e. The summed E-state index contributed by atoms with van der Waals surface area (Å²) in [5, 5.41) is 0. The number of nitrogens with two attached hydrogens (primary N) is 2. The molecule has 0 heterocycles. The average molecular weight is 194 g/mol. The van der Waals surface area contributed by atoms with Crippen molar-refractivity contribution in [3.05, 3.63) is 36.5 Å². The maximum absolute atomic E-state index is 10.9. The molecule has 0 bridgehead atoms. The average Bonchev–Trinajstić information content (AvgIpc) is 2.17. The fourth-order valence-electron chi connectivity index (χ4n) is 1.07. The Hall–Kier alpha value is -1.35. The van der Waals surface area contributed by atoms with Crippen LogP contribution in [0.4, 0.5) is 0 Å². The van der Waals surface area contributed by atoms with E-state index in [9.17, 15) is 4.79 Å². The molecule has 0 radical (unpaired) electrons. The highest BCUT2D eigenvalue weighted by Gasteiger charge is 2.19. The normalized spacial score (nSPS) is 16.6. The lowest BCUT2D eigenvalue weighted by Gasteiger charge is -2.17. The third-order valence-corrected chi connectivity index (χ3v) is 2.11. The van der Waals surface area contributed by atoms with Gasteiger partial charge in [0.25, 0.3) is 0 Å². The van der Waals surface area contributed by atoms with Crippen LogP contribution >= 0.6 is 0 Å². The molecule has 0 spiro atoms. The SMILES string of the molecule is C=C/C(=C\C=C/C)C(C)C(N)C(N)=O. The van der Waals surface area contributed by atoms with Crippen LogP contribution < -0.4 is 11.5 Å². The number of carbonyl (C=O) groups is 1. The monoisotopic (exact) mass is 194 g/mol. The van der Waals surface area contributed by atoms with Crippen LogP contribution in [0.2, 0.25) is 0 Å². The van der Waals surface area contributed by atoms with E-state index in [4.69, 9.17) is 11.5 Å². The molecular formula is C11H18N2O. The van der Waals surface area contributed by atoms with Gasteiger partial charge in [0, 0.05) is 5.92 Å². The number of primary amides is 1. The Morgan fingerprint density at radius 1 is 1.50 bits per heavy atom. The fourth-order valence-corrected chi connectivity index (χ4v) is 1.07. The first kappa shape index (κ1) is 12.7. The van der Waals surface area contributed by atoms with Gasteiger partial charge in [0.2, 0.25) is 5.91 Å². The van der Waals surface area contributed by atoms with Crippen molar-refractivity contribution in [1.29, 1.82) is 0 Å². The lowest BCUT2D eigenvalue weighted by Crippen LogP contribution is -2.42. The van der Waals surface area contributed by atoms with Gasteiger partial charge in [0.05, 0.1) is 6.04 Å². The summed E-state index contributed by atoms with van der Waals surface area (Å²) in [6, 6.07) is -0.662. The lowest BCUT2D eigenvalue weighted by molar-refractivity contribution is -0.119. The highest BCUT2D eigenvalue weighted by molar-refractivity contribution is 5.80. The molecule has 3 heteroatoms. The summed E-state index contributed by atoms with van der Waals surface area (Å²) in [6.07, 6.45) is 7.33. The Labute approximate surface area is 85.2 Å². The van der Waals surface area contributed by atoms with E-state index in [1.165, 1.54) is 0 Å². The van der Waals surface area contributed by atoms with Crippen molar-refractivity contribution in [1.82, 2.24) is 0 Å². The number of carbonyl (C=O) groups excluding carboxylic acids is 1. The van der Waals surface area contributed by atoms with Crippen molar-refractivity contribution in [3.63, 3.8) is 0 Å². The number of hydrogen-bond donors (Lipinski definition) is 2. The van der Waals surface area contributed by atoms with E-state index in [1.54, 1.807) is 6.08 Å². The van der Waals surface area contributed by atoms with Crippen LogP contribution in [-0.2, 0) is 4.79 Å². The smallest absolute Gasteiger partial charge is 0.234 e. The van der Waals surface area contributed by atoms with Gasteiger partial charge in [-0.15, -0.1) is 0 Å². The van der Waals surface area contributed by atoms with Crippen LogP contribution in [0.3, 0.4) is 0 Å². The Morgan fingerprint density at radius 2 is 2.07 bits per heavy atom. The van der Waals surface area contributed by atoms with Crippen LogP contribution in [0.1, 0.15) is 13.8 Å². The molecule has 1 amide bonds. The highest BCUT2D eigenvalue weighted by Crippen LogP contribution is 2.14. The molecule has 0 fully saturated rings. The standard InChI is InChI=1S/C11H18N2O/c1-4-6-7-9(5-2)8(3)10(12)11(13)14/h4-8,10H,2,12H2,1,3H3,(H2,13,14)/b6-4-,9-7+. The zero-order chi connectivity index (χ0) is 11.1. The molecule has 2 unspecified atom stereocenters. The first-order chi connectivity index (χ1) is 6.54. The Balaban J connectivity index is 4.69. The van der Waals surface area contributed by atoms with Gasteiger partial charge in [-0.2, -0.15) is 0 Å². The van der Waals surface area contributed by atoms with E-state index in [1.807, 2.05) is 32.1 Å². The second kappa shape index (κ2) is 6.16. The molecule has 0 aromatic carbocycles. The van der Waals surface area contributed by atoms with Crippen molar-refractivity contribution < 1.29 is 4.79 Å². The van der Waals surface area contributed by atoms with Gasteiger partial charge in [-0.25, -0.2) is 0 Å². The summed E-state index contributed by atoms with van der Waals surface area (Å²) in [5.41, 5.74) is 11.6. The zero-order valence-electron chi connectivity index (χ0n) is 8.73. The molecule has 0 aromatic rings. The predicted octanol–water partition coefficient (Wildman–Crippen LogP) is 1.12. The first-order valence-electron chi connectivity index (χ1n) is 4.54. The van der Waals surface area contributed by atoms with Crippen LogP contribution in [0.5, 0.6) is 0 Å². The van der Waals surface area contributed by atoms with Crippen molar-refractivity contribution in [2.24, 2.45) is 17.4 Å². The maximum atomic E-state index is 10.9. The lowest BCUT2D eigenvalue weighted by atomic mass is 9.93. The minimum atomic E-state index is -0.662. The predicted molar refractivity (Wildman–Crippen MR) is 59.4 cm³/mol. The molecule has 0 aliphatic carbocycles. The molecule has 3 nitrogen and oxygen atoms in total. The second-order valence-electron chi connectivity index (χ2n) is 3.11. The molecule has 2 atom stereocenters. The summed E-state index contributed by atoms with van der Waals surface area (Å²) in [5.74, 6) is -0.605. The molecule has 14 heavy (non-hydrogen) atoms. The van der Waals surface area contributed by atoms with Crippen LogP contribution in [0, 0.1) is 5.92 Å². The molecule has 0 aliphatic rings. The highest BCUT2D eigenvalue weighted by atomic mass is 16.1. The van der Waals surface area contributed by atoms with E-state index < -0.39 is 11.9 Å². The van der Waals surface area contributed by atoms with E-state index in [0.717, 1.165) is 5.57 Å². The second-order valence-corrected chi connectivity index (χ2v) is 3.11. The molecule has 0 saturated carbocycles. The van der Waals surface area contributed by atoms with E-state index >= 15 is 0 Å². The van der Waals surface area contributed by atoms with Gasteiger partial charge in [-0.3, -0.25) is 4.79 Å². The minimum absolute atomic E-state index is 0.110. The van der Waals surface area contributed by atoms with Gasteiger partial charge in [0.1, 0.15) is 0 Å². The van der Waals surface area contributed by atoms with Crippen LogP contribution in [0.15, 0.2) is 36.5 Å². The van der Waals surface area contributed by atoms with Crippen molar-refractivity contribution in [2.75, 3.05) is 0 Å². The third kappa shape index (κ3) is 3.58. The summed E-state index contributed by atoms with van der Waals surface area (Å²) in [6.45, 7) is 7.43. The summed E-state index contributed by atoms with van der Waals surface area (Å²) < 4.78 is 0. The number of rotatable bonds is 5. The molecule has 0 saturated heterocycles. The fraction of sp³-hybridized carbons (Fsp3) is 0.364. The Kier molecular flexibility index (Phi) is 5.56. The Bertz CT molecular complexity index is 266. The number of hydrogen-bond acceptors (Lipinski definition) is 2.